The number of hydrogen-bond acceptors (Lipinski definition) is 3. The summed E-state index contributed by atoms with van der Waals surface area (Å²) in [5, 5.41) is 0.772. The van der Waals surface area contributed by atoms with E-state index < -0.39 is 15.8 Å². The molecule has 0 bridgehead atoms. The first-order chi connectivity index (χ1) is 9.95. The van der Waals surface area contributed by atoms with E-state index in [-0.39, 0.29) is 11.0 Å². The molecule has 4 nitrogen and oxygen atoms in total. The smallest absolute Gasteiger partial charge is 0.243 e. The van der Waals surface area contributed by atoms with Crippen LogP contribution in [0.5, 0.6) is 0 Å². The highest BCUT2D eigenvalue weighted by molar-refractivity contribution is 9.09. The molecule has 0 aliphatic carbocycles. The zero-order valence-corrected chi connectivity index (χ0v) is 14.3. The van der Waals surface area contributed by atoms with Gasteiger partial charge in [-0.15, -0.1) is 0 Å². The normalized spacial score (nSPS) is 18.0. The summed E-state index contributed by atoms with van der Waals surface area (Å²) in [6.07, 6.45) is 1.43. The highest BCUT2D eigenvalue weighted by Crippen LogP contribution is 2.25. The number of halogens is 2. The Morgan fingerprint density at radius 2 is 2.05 bits per heavy atom. The molecule has 0 radical (unpaired) electrons. The van der Waals surface area contributed by atoms with E-state index in [1.54, 1.807) is 6.92 Å². The van der Waals surface area contributed by atoms with Crippen molar-refractivity contribution in [2.45, 2.75) is 30.8 Å². The van der Waals surface area contributed by atoms with Crippen LogP contribution in [0.2, 0.25) is 0 Å². The topological polar surface area (TPSA) is 46.6 Å². The first-order valence-electron chi connectivity index (χ1n) is 6.89. The molecule has 0 saturated carbocycles. The number of piperidine rings is 1. The summed E-state index contributed by atoms with van der Waals surface area (Å²) in [4.78, 5) is 0.0577. The van der Waals surface area contributed by atoms with Crippen LogP contribution in [0.25, 0.3) is 0 Å². The van der Waals surface area contributed by atoms with Crippen molar-refractivity contribution in [3.05, 3.63) is 29.6 Å². The molecule has 2 rings (SSSR count). The Hall–Kier alpha value is -0.500. The van der Waals surface area contributed by atoms with Crippen LogP contribution >= 0.6 is 15.9 Å². The van der Waals surface area contributed by atoms with Gasteiger partial charge in [0.1, 0.15) is 5.82 Å². The Labute approximate surface area is 133 Å². The van der Waals surface area contributed by atoms with Gasteiger partial charge in [0.2, 0.25) is 10.0 Å². The van der Waals surface area contributed by atoms with Crippen LogP contribution < -0.4 is 0 Å². The summed E-state index contributed by atoms with van der Waals surface area (Å²) >= 11 is 3.30. The molecule has 0 amide bonds. The molecule has 1 saturated heterocycles. The molecule has 1 aliphatic heterocycles. The number of alkyl halides is 1. The Balaban J connectivity index is 2.10. The molecule has 1 fully saturated rings. The van der Waals surface area contributed by atoms with Gasteiger partial charge in [-0.3, -0.25) is 0 Å². The summed E-state index contributed by atoms with van der Waals surface area (Å²) in [5.74, 6) is -0.533. The molecule has 0 N–H and O–H groups in total. The molecule has 1 heterocycles. The lowest BCUT2D eigenvalue weighted by Gasteiger charge is -2.31. The second-order valence-electron chi connectivity index (χ2n) is 5.07. The van der Waals surface area contributed by atoms with Crippen LogP contribution in [0.1, 0.15) is 18.4 Å². The van der Waals surface area contributed by atoms with Crippen LogP contribution in [0.15, 0.2) is 23.1 Å². The van der Waals surface area contributed by atoms with E-state index in [2.05, 4.69) is 15.9 Å². The molecule has 1 aromatic rings. The Bertz CT molecular complexity index is 586. The number of hydrogen-bond donors (Lipinski definition) is 0. The van der Waals surface area contributed by atoms with Gasteiger partial charge in [0, 0.05) is 18.4 Å². The maximum Gasteiger partial charge on any atom is 0.243 e. The predicted molar refractivity (Wildman–Crippen MR) is 82.7 cm³/mol. The second kappa shape index (κ2) is 7.17. The second-order valence-corrected chi connectivity index (χ2v) is 7.77. The molecular formula is C14H19BrFNO3S. The molecule has 118 valence electrons. The largest absolute Gasteiger partial charge is 0.377 e. The van der Waals surface area contributed by atoms with E-state index in [0.29, 0.717) is 38.1 Å². The fraction of sp³-hybridized carbons (Fsp3) is 0.571. The van der Waals surface area contributed by atoms with Gasteiger partial charge in [0.25, 0.3) is 0 Å². The SMILES string of the molecule is Cc1ccc(F)cc1S(=O)(=O)N1CCC(OCCBr)CC1. The van der Waals surface area contributed by atoms with E-state index in [0.717, 1.165) is 11.4 Å². The minimum Gasteiger partial charge on any atom is -0.377 e. The summed E-state index contributed by atoms with van der Waals surface area (Å²) in [7, 11) is -3.63. The van der Waals surface area contributed by atoms with E-state index in [1.807, 2.05) is 0 Å². The molecule has 21 heavy (non-hydrogen) atoms. The average Bonchev–Trinajstić information content (AvgIpc) is 2.48. The van der Waals surface area contributed by atoms with Crippen LogP contribution in [-0.2, 0) is 14.8 Å². The van der Waals surface area contributed by atoms with Crippen LogP contribution in [0.3, 0.4) is 0 Å². The number of benzene rings is 1. The zero-order chi connectivity index (χ0) is 15.5. The van der Waals surface area contributed by atoms with Crippen molar-refractivity contribution in [1.82, 2.24) is 4.31 Å². The fourth-order valence-electron chi connectivity index (χ4n) is 2.44. The van der Waals surface area contributed by atoms with Crippen LogP contribution in [-0.4, -0.2) is 43.9 Å². The highest BCUT2D eigenvalue weighted by Gasteiger charge is 2.30. The Morgan fingerprint density at radius 3 is 2.67 bits per heavy atom. The van der Waals surface area contributed by atoms with Crippen molar-refractivity contribution in [1.29, 1.82) is 0 Å². The molecule has 1 aliphatic rings. The molecule has 0 atom stereocenters. The third kappa shape index (κ3) is 4.03. The molecular weight excluding hydrogens is 361 g/mol. The molecule has 0 spiro atoms. The lowest BCUT2D eigenvalue weighted by molar-refractivity contribution is 0.0309. The van der Waals surface area contributed by atoms with Gasteiger partial charge in [-0.1, -0.05) is 22.0 Å². The van der Waals surface area contributed by atoms with Gasteiger partial charge >= 0.3 is 0 Å². The Kier molecular flexibility index (Phi) is 5.76. The van der Waals surface area contributed by atoms with Gasteiger partial charge in [0.05, 0.1) is 17.6 Å². The van der Waals surface area contributed by atoms with Gasteiger partial charge in [-0.25, -0.2) is 12.8 Å². The molecule has 1 aromatic carbocycles. The lowest BCUT2D eigenvalue weighted by Crippen LogP contribution is -2.41. The van der Waals surface area contributed by atoms with Gasteiger partial charge in [-0.05, 0) is 37.5 Å². The van der Waals surface area contributed by atoms with Gasteiger partial charge in [0.15, 0.2) is 0 Å². The van der Waals surface area contributed by atoms with Crippen molar-refractivity contribution in [3.8, 4) is 0 Å². The molecule has 0 unspecified atom stereocenters. The number of ether oxygens (including phenoxy) is 1. The summed E-state index contributed by atoms with van der Waals surface area (Å²) in [6.45, 7) is 3.12. The minimum atomic E-state index is -3.63. The summed E-state index contributed by atoms with van der Waals surface area (Å²) < 4.78 is 45.6. The maximum atomic E-state index is 13.3. The fourth-order valence-corrected chi connectivity index (χ4v) is 4.33. The quantitative estimate of drug-likeness (QED) is 0.738. The number of aryl methyl sites for hydroxylation is 1. The number of rotatable bonds is 5. The summed E-state index contributed by atoms with van der Waals surface area (Å²) in [5.41, 5.74) is 0.564. The Morgan fingerprint density at radius 1 is 1.38 bits per heavy atom. The zero-order valence-electron chi connectivity index (χ0n) is 11.9. The number of nitrogens with zero attached hydrogens (tertiary/aromatic N) is 1. The molecule has 0 aromatic heterocycles. The van der Waals surface area contributed by atoms with Crippen molar-refractivity contribution in [3.63, 3.8) is 0 Å². The van der Waals surface area contributed by atoms with Crippen LogP contribution in [0, 0.1) is 12.7 Å². The standard InChI is InChI=1S/C14H19BrFNO3S/c1-11-2-3-12(16)10-14(11)21(18,19)17-7-4-13(5-8-17)20-9-6-15/h2-3,10,13H,4-9H2,1H3. The monoisotopic (exact) mass is 379 g/mol. The van der Waals surface area contributed by atoms with Crippen molar-refractivity contribution in [2.75, 3.05) is 25.0 Å². The van der Waals surface area contributed by atoms with Crippen molar-refractivity contribution < 1.29 is 17.5 Å². The van der Waals surface area contributed by atoms with E-state index in [1.165, 1.54) is 16.4 Å². The van der Waals surface area contributed by atoms with E-state index >= 15 is 0 Å². The highest BCUT2D eigenvalue weighted by atomic mass is 79.9. The predicted octanol–water partition coefficient (Wildman–Crippen LogP) is 2.70. The summed E-state index contributed by atoms with van der Waals surface area (Å²) in [6, 6.07) is 3.86. The van der Waals surface area contributed by atoms with E-state index in [9.17, 15) is 12.8 Å². The van der Waals surface area contributed by atoms with Gasteiger partial charge in [-0.2, -0.15) is 4.31 Å². The number of sulfonamides is 1. The van der Waals surface area contributed by atoms with Crippen molar-refractivity contribution in [2.24, 2.45) is 0 Å². The third-order valence-corrected chi connectivity index (χ3v) is 5.96. The van der Waals surface area contributed by atoms with Crippen LogP contribution in [0.4, 0.5) is 4.39 Å². The van der Waals surface area contributed by atoms with E-state index in [4.69, 9.17) is 4.74 Å². The van der Waals surface area contributed by atoms with Crippen molar-refractivity contribution >= 4 is 26.0 Å². The third-order valence-electron chi connectivity index (χ3n) is 3.60. The first-order valence-corrected chi connectivity index (χ1v) is 9.45. The molecule has 7 heteroatoms. The first kappa shape index (κ1) is 16.9. The lowest BCUT2D eigenvalue weighted by atomic mass is 10.1. The minimum absolute atomic E-state index is 0.0577. The maximum absolute atomic E-state index is 13.3. The average molecular weight is 380 g/mol. The van der Waals surface area contributed by atoms with Gasteiger partial charge < -0.3 is 4.74 Å².